The normalized spacial score (nSPS) is 25.4. The molecule has 0 heterocycles. The lowest BCUT2D eigenvalue weighted by Gasteiger charge is -2.51. The van der Waals surface area contributed by atoms with E-state index in [9.17, 15) is 9.59 Å². The van der Waals surface area contributed by atoms with Crippen LogP contribution in [0.1, 0.15) is 40.0 Å². The van der Waals surface area contributed by atoms with Gasteiger partial charge in [-0.3, -0.25) is 4.79 Å². The van der Waals surface area contributed by atoms with Gasteiger partial charge >= 0.3 is 12.0 Å². The SMILES string of the molecule is COC1CC(NC(=O)NCCCC(C)C(=O)O)C1(C)C. The number of nitrogens with one attached hydrogen (secondary N) is 2. The van der Waals surface area contributed by atoms with E-state index in [4.69, 9.17) is 9.84 Å². The number of hydrogen-bond acceptors (Lipinski definition) is 3. The third-order valence-corrected chi connectivity index (χ3v) is 4.29. The fourth-order valence-corrected chi connectivity index (χ4v) is 2.47. The zero-order chi connectivity index (χ0) is 15.3. The van der Waals surface area contributed by atoms with Gasteiger partial charge in [0.15, 0.2) is 0 Å². The highest BCUT2D eigenvalue weighted by molar-refractivity contribution is 5.74. The van der Waals surface area contributed by atoms with E-state index in [1.807, 2.05) is 0 Å². The average molecular weight is 286 g/mol. The molecule has 0 saturated heterocycles. The van der Waals surface area contributed by atoms with Crippen LogP contribution in [-0.4, -0.2) is 42.9 Å². The Morgan fingerprint density at radius 2 is 2.10 bits per heavy atom. The van der Waals surface area contributed by atoms with E-state index in [0.29, 0.717) is 19.4 Å². The van der Waals surface area contributed by atoms with E-state index in [2.05, 4.69) is 24.5 Å². The molecule has 3 atom stereocenters. The molecule has 3 unspecified atom stereocenters. The molecule has 1 aliphatic rings. The summed E-state index contributed by atoms with van der Waals surface area (Å²) in [5, 5.41) is 14.4. The van der Waals surface area contributed by atoms with E-state index in [1.165, 1.54) is 0 Å². The molecule has 116 valence electrons. The lowest BCUT2D eigenvalue weighted by atomic mass is 9.64. The van der Waals surface area contributed by atoms with Crippen molar-refractivity contribution in [1.29, 1.82) is 0 Å². The maximum atomic E-state index is 11.7. The number of rotatable bonds is 7. The van der Waals surface area contributed by atoms with Gasteiger partial charge in [-0.2, -0.15) is 0 Å². The second-order valence-corrected chi connectivity index (χ2v) is 6.12. The maximum Gasteiger partial charge on any atom is 0.315 e. The van der Waals surface area contributed by atoms with Crippen molar-refractivity contribution in [3.63, 3.8) is 0 Å². The summed E-state index contributed by atoms with van der Waals surface area (Å²) in [6.45, 7) is 6.31. The second kappa shape index (κ2) is 6.92. The Balaban J connectivity index is 2.17. The van der Waals surface area contributed by atoms with Gasteiger partial charge in [-0.25, -0.2) is 4.79 Å². The number of carbonyl (C=O) groups excluding carboxylic acids is 1. The summed E-state index contributed by atoms with van der Waals surface area (Å²) in [6.07, 6.45) is 2.24. The molecule has 0 aromatic carbocycles. The van der Waals surface area contributed by atoms with Crippen LogP contribution in [0.4, 0.5) is 4.79 Å². The monoisotopic (exact) mass is 286 g/mol. The Bertz CT molecular complexity index is 357. The number of ether oxygens (including phenoxy) is 1. The molecule has 6 heteroatoms. The van der Waals surface area contributed by atoms with Crippen LogP contribution in [0.25, 0.3) is 0 Å². The summed E-state index contributed by atoms with van der Waals surface area (Å²) in [5.41, 5.74) is -0.0517. The molecule has 1 saturated carbocycles. The Labute approximate surface area is 120 Å². The van der Waals surface area contributed by atoms with Crippen LogP contribution < -0.4 is 10.6 Å². The van der Waals surface area contributed by atoms with Gasteiger partial charge in [-0.15, -0.1) is 0 Å². The fourth-order valence-electron chi connectivity index (χ4n) is 2.47. The molecule has 1 fully saturated rings. The lowest BCUT2D eigenvalue weighted by Crippen LogP contribution is -2.63. The van der Waals surface area contributed by atoms with Gasteiger partial charge < -0.3 is 20.5 Å². The number of carboxylic acids is 1. The molecule has 0 radical (unpaired) electrons. The predicted molar refractivity (Wildman–Crippen MR) is 75.6 cm³/mol. The van der Waals surface area contributed by atoms with Crippen LogP contribution in [0.2, 0.25) is 0 Å². The number of urea groups is 1. The molecule has 0 aromatic rings. The Kier molecular flexibility index (Phi) is 5.80. The largest absolute Gasteiger partial charge is 0.481 e. The van der Waals surface area contributed by atoms with Crippen molar-refractivity contribution in [3.8, 4) is 0 Å². The molecule has 0 bridgehead atoms. The van der Waals surface area contributed by atoms with E-state index in [-0.39, 0.29) is 29.5 Å². The van der Waals surface area contributed by atoms with Crippen molar-refractivity contribution in [2.45, 2.75) is 52.2 Å². The first kappa shape index (κ1) is 16.8. The van der Waals surface area contributed by atoms with Crippen LogP contribution in [-0.2, 0) is 9.53 Å². The van der Waals surface area contributed by atoms with Crippen LogP contribution >= 0.6 is 0 Å². The summed E-state index contributed by atoms with van der Waals surface area (Å²) in [6, 6.07) is -0.0778. The highest BCUT2D eigenvalue weighted by Crippen LogP contribution is 2.42. The van der Waals surface area contributed by atoms with Crippen molar-refractivity contribution in [1.82, 2.24) is 10.6 Å². The zero-order valence-corrected chi connectivity index (χ0v) is 12.7. The number of carboxylic acid groups (broad SMARTS) is 1. The standard InChI is InChI=1S/C14H26N2O4/c1-9(12(17)18)6-5-7-15-13(19)16-10-8-11(20-4)14(10,2)3/h9-11H,5-8H2,1-4H3,(H,17,18)(H2,15,16,19). The summed E-state index contributed by atoms with van der Waals surface area (Å²) in [4.78, 5) is 22.4. The Hall–Kier alpha value is -1.30. The third kappa shape index (κ3) is 4.10. The second-order valence-electron chi connectivity index (χ2n) is 6.12. The molecule has 1 rings (SSSR count). The minimum absolute atomic E-state index is 0.0517. The number of methoxy groups -OCH3 is 1. The smallest absolute Gasteiger partial charge is 0.315 e. The number of aliphatic carboxylic acids is 1. The molecule has 0 aromatic heterocycles. The van der Waals surface area contributed by atoms with Crippen LogP contribution in [0, 0.1) is 11.3 Å². The highest BCUT2D eigenvalue weighted by atomic mass is 16.5. The molecule has 0 spiro atoms. The van der Waals surface area contributed by atoms with Gasteiger partial charge in [-0.05, 0) is 19.3 Å². The molecule has 2 amide bonds. The quantitative estimate of drug-likeness (QED) is 0.620. The van der Waals surface area contributed by atoms with Gasteiger partial charge in [0.05, 0.1) is 12.0 Å². The lowest BCUT2D eigenvalue weighted by molar-refractivity contribution is -0.141. The molecule has 1 aliphatic carbocycles. The van der Waals surface area contributed by atoms with Crippen LogP contribution in [0.3, 0.4) is 0 Å². The van der Waals surface area contributed by atoms with Crippen molar-refractivity contribution in [2.75, 3.05) is 13.7 Å². The minimum atomic E-state index is -0.795. The van der Waals surface area contributed by atoms with Crippen LogP contribution in [0.15, 0.2) is 0 Å². The summed E-state index contributed by atoms with van der Waals surface area (Å²) < 4.78 is 5.33. The van der Waals surface area contributed by atoms with Gasteiger partial charge in [0, 0.05) is 25.1 Å². The predicted octanol–water partition coefficient (Wildman–Crippen LogP) is 1.60. The number of hydrogen-bond donors (Lipinski definition) is 3. The van der Waals surface area contributed by atoms with Crippen molar-refractivity contribution in [2.24, 2.45) is 11.3 Å². The molecule has 3 N–H and O–H groups in total. The maximum absolute atomic E-state index is 11.7. The van der Waals surface area contributed by atoms with Crippen molar-refractivity contribution < 1.29 is 19.4 Å². The third-order valence-electron chi connectivity index (χ3n) is 4.29. The van der Waals surface area contributed by atoms with Crippen molar-refractivity contribution >= 4 is 12.0 Å². The zero-order valence-electron chi connectivity index (χ0n) is 12.7. The first-order valence-electron chi connectivity index (χ1n) is 7.09. The first-order chi connectivity index (χ1) is 9.28. The van der Waals surface area contributed by atoms with Gasteiger partial charge in [0.25, 0.3) is 0 Å². The number of carbonyl (C=O) groups is 2. The Morgan fingerprint density at radius 3 is 2.60 bits per heavy atom. The van der Waals surface area contributed by atoms with Crippen LogP contribution in [0.5, 0.6) is 0 Å². The molecule has 0 aliphatic heterocycles. The van der Waals surface area contributed by atoms with E-state index >= 15 is 0 Å². The minimum Gasteiger partial charge on any atom is -0.481 e. The molecule has 20 heavy (non-hydrogen) atoms. The highest BCUT2D eigenvalue weighted by Gasteiger charge is 2.49. The molecule has 6 nitrogen and oxygen atoms in total. The van der Waals surface area contributed by atoms with E-state index in [1.54, 1.807) is 14.0 Å². The summed E-state index contributed by atoms with van der Waals surface area (Å²) in [7, 11) is 1.69. The van der Waals surface area contributed by atoms with Gasteiger partial charge in [-0.1, -0.05) is 20.8 Å². The van der Waals surface area contributed by atoms with E-state index < -0.39 is 5.97 Å². The average Bonchev–Trinajstić information content (AvgIpc) is 2.38. The van der Waals surface area contributed by atoms with Gasteiger partial charge in [0.1, 0.15) is 0 Å². The Morgan fingerprint density at radius 1 is 1.45 bits per heavy atom. The number of amides is 2. The van der Waals surface area contributed by atoms with Crippen molar-refractivity contribution in [3.05, 3.63) is 0 Å². The molecular formula is C14H26N2O4. The first-order valence-corrected chi connectivity index (χ1v) is 7.09. The topological polar surface area (TPSA) is 87.7 Å². The molecular weight excluding hydrogens is 260 g/mol. The fraction of sp³-hybridized carbons (Fsp3) is 0.857. The van der Waals surface area contributed by atoms with E-state index in [0.717, 1.165) is 6.42 Å². The summed E-state index contributed by atoms with van der Waals surface area (Å²) in [5.74, 6) is -1.16. The van der Waals surface area contributed by atoms with Gasteiger partial charge in [0.2, 0.25) is 0 Å². The summed E-state index contributed by atoms with van der Waals surface area (Å²) >= 11 is 0.